The van der Waals surface area contributed by atoms with Gasteiger partial charge >= 0.3 is 0 Å². The Morgan fingerprint density at radius 3 is 2.72 bits per heavy atom. The zero-order valence-electron chi connectivity index (χ0n) is 15.1. The minimum atomic E-state index is -0.370. The molecule has 3 N–H and O–H groups in total. The molecule has 1 aromatic carbocycles. The van der Waals surface area contributed by atoms with Crippen LogP contribution in [0.1, 0.15) is 16.2 Å². The molecule has 0 aliphatic carbocycles. The fourth-order valence-corrected chi connectivity index (χ4v) is 2.86. The Morgan fingerprint density at radius 1 is 1.10 bits per heavy atom. The first-order valence-corrected chi connectivity index (χ1v) is 8.83. The summed E-state index contributed by atoms with van der Waals surface area (Å²) in [7, 11) is 0. The van der Waals surface area contributed by atoms with E-state index >= 15 is 0 Å². The van der Waals surface area contributed by atoms with E-state index in [0.29, 0.717) is 34.0 Å². The molecule has 144 valence electrons. The zero-order valence-corrected chi connectivity index (χ0v) is 15.1. The number of halogens is 1. The molecule has 3 aromatic heterocycles. The van der Waals surface area contributed by atoms with Crippen LogP contribution in [0.15, 0.2) is 71.8 Å². The maximum Gasteiger partial charge on any atom is 0.253 e. The summed E-state index contributed by atoms with van der Waals surface area (Å²) in [5.74, 6) is -0.238. The number of carbonyl (C=O) groups excluding carboxylic acids is 1. The highest BCUT2D eigenvalue weighted by molar-refractivity contribution is 5.93. The number of carbonyl (C=O) groups is 1. The molecule has 4 aromatic rings. The quantitative estimate of drug-likeness (QED) is 0.488. The van der Waals surface area contributed by atoms with Crippen molar-refractivity contribution < 1.29 is 9.18 Å². The number of aromatic nitrogens is 4. The second-order valence-electron chi connectivity index (χ2n) is 6.26. The number of nitrogens with one attached hydrogen (secondary N) is 3. The molecule has 1 amide bonds. The van der Waals surface area contributed by atoms with E-state index in [4.69, 9.17) is 0 Å². The second-order valence-corrected chi connectivity index (χ2v) is 6.26. The fraction of sp³-hybridized carbons (Fsp3) is 0.0476. The summed E-state index contributed by atoms with van der Waals surface area (Å²) in [6.45, 7) is 0.118. The number of rotatable bonds is 5. The second kappa shape index (κ2) is 7.89. The van der Waals surface area contributed by atoms with Gasteiger partial charge in [0.25, 0.3) is 5.91 Å². The average Bonchev–Trinajstić information content (AvgIpc) is 3.18. The summed E-state index contributed by atoms with van der Waals surface area (Å²) in [5, 5.41) is 2.74. The van der Waals surface area contributed by atoms with E-state index in [-0.39, 0.29) is 23.8 Å². The van der Waals surface area contributed by atoms with Crippen molar-refractivity contribution in [2.75, 3.05) is 0 Å². The third-order valence-electron chi connectivity index (χ3n) is 4.23. The predicted molar refractivity (Wildman–Crippen MR) is 105 cm³/mol. The highest BCUT2D eigenvalue weighted by Crippen LogP contribution is 2.29. The van der Waals surface area contributed by atoms with Gasteiger partial charge in [0, 0.05) is 24.0 Å². The zero-order chi connectivity index (χ0) is 20.2. The van der Waals surface area contributed by atoms with E-state index in [1.165, 1.54) is 30.5 Å². The monoisotopic (exact) mass is 389 g/mol. The lowest BCUT2D eigenvalue weighted by molar-refractivity contribution is 0.0949. The van der Waals surface area contributed by atoms with Gasteiger partial charge in [0.1, 0.15) is 11.6 Å². The molecule has 0 saturated carbocycles. The fourth-order valence-electron chi connectivity index (χ4n) is 2.86. The summed E-state index contributed by atoms with van der Waals surface area (Å²) >= 11 is 0. The van der Waals surface area contributed by atoms with Crippen molar-refractivity contribution in [3.05, 3.63) is 94.5 Å². The number of imidazole rings is 1. The van der Waals surface area contributed by atoms with Crippen molar-refractivity contribution in [1.29, 1.82) is 0 Å². The third-order valence-corrected chi connectivity index (χ3v) is 4.23. The molecule has 0 bridgehead atoms. The van der Waals surface area contributed by atoms with Gasteiger partial charge in [-0.25, -0.2) is 9.37 Å². The van der Waals surface area contributed by atoms with Crippen LogP contribution in [0.3, 0.4) is 0 Å². The summed E-state index contributed by atoms with van der Waals surface area (Å²) in [5.41, 5.74) is 2.46. The Balaban J connectivity index is 1.63. The number of pyridine rings is 2. The van der Waals surface area contributed by atoms with Crippen LogP contribution in [0.4, 0.5) is 4.39 Å². The molecule has 0 unspecified atom stereocenters. The van der Waals surface area contributed by atoms with Crippen LogP contribution in [0, 0.1) is 5.82 Å². The van der Waals surface area contributed by atoms with Crippen molar-refractivity contribution in [3.8, 4) is 22.6 Å². The molecule has 4 rings (SSSR count). The largest absolute Gasteiger partial charge is 0.345 e. The van der Waals surface area contributed by atoms with E-state index in [0.717, 1.165) is 0 Å². The SMILES string of the molecule is O=C(NCc1nc(-c2cccc(F)c2)c(-c2ccccn2)[nH]1)c1ccc(=O)[nH]c1. The van der Waals surface area contributed by atoms with E-state index in [2.05, 4.69) is 25.3 Å². The molecule has 0 aliphatic rings. The van der Waals surface area contributed by atoms with E-state index in [1.54, 1.807) is 24.4 Å². The normalized spacial score (nSPS) is 10.7. The highest BCUT2D eigenvalue weighted by Gasteiger charge is 2.16. The van der Waals surface area contributed by atoms with Crippen LogP contribution in [-0.2, 0) is 6.54 Å². The van der Waals surface area contributed by atoms with Gasteiger partial charge in [-0.3, -0.25) is 14.6 Å². The van der Waals surface area contributed by atoms with E-state index < -0.39 is 0 Å². The molecule has 7 nitrogen and oxygen atoms in total. The van der Waals surface area contributed by atoms with Gasteiger partial charge in [0.05, 0.1) is 29.2 Å². The van der Waals surface area contributed by atoms with Crippen molar-refractivity contribution >= 4 is 5.91 Å². The molecule has 8 heteroatoms. The minimum Gasteiger partial charge on any atom is -0.345 e. The molecular weight excluding hydrogens is 373 g/mol. The first-order chi connectivity index (χ1) is 14.1. The Hall–Kier alpha value is -4.07. The van der Waals surface area contributed by atoms with Crippen molar-refractivity contribution in [2.45, 2.75) is 6.54 Å². The molecule has 0 radical (unpaired) electrons. The van der Waals surface area contributed by atoms with E-state index in [9.17, 15) is 14.0 Å². The number of aromatic amines is 2. The van der Waals surface area contributed by atoms with Crippen LogP contribution in [-0.4, -0.2) is 25.8 Å². The lowest BCUT2D eigenvalue weighted by Crippen LogP contribution is -2.24. The number of benzene rings is 1. The van der Waals surface area contributed by atoms with E-state index in [1.807, 2.05) is 12.1 Å². The topological polar surface area (TPSA) is 104 Å². The van der Waals surface area contributed by atoms with Crippen LogP contribution in [0.2, 0.25) is 0 Å². The molecule has 29 heavy (non-hydrogen) atoms. The summed E-state index contributed by atoms with van der Waals surface area (Å²) in [4.78, 5) is 37.9. The van der Waals surface area contributed by atoms with Gasteiger partial charge in [-0.05, 0) is 30.3 Å². The Bertz CT molecular complexity index is 1200. The average molecular weight is 389 g/mol. The molecule has 0 fully saturated rings. The van der Waals surface area contributed by atoms with Crippen LogP contribution in [0.5, 0.6) is 0 Å². The van der Waals surface area contributed by atoms with Crippen molar-refractivity contribution in [1.82, 2.24) is 25.3 Å². The molecule has 0 aliphatic heterocycles. The van der Waals surface area contributed by atoms with Crippen molar-refractivity contribution in [3.63, 3.8) is 0 Å². The van der Waals surface area contributed by atoms with Crippen molar-refractivity contribution in [2.24, 2.45) is 0 Å². The van der Waals surface area contributed by atoms with Gasteiger partial charge in [-0.1, -0.05) is 18.2 Å². The first-order valence-electron chi connectivity index (χ1n) is 8.83. The highest BCUT2D eigenvalue weighted by atomic mass is 19.1. The summed E-state index contributed by atoms with van der Waals surface area (Å²) in [6, 6.07) is 14.3. The smallest absolute Gasteiger partial charge is 0.253 e. The molecule has 0 atom stereocenters. The maximum absolute atomic E-state index is 13.7. The van der Waals surface area contributed by atoms with Gasteiger partial charge < -0.3 is 15.3 Å². The predicted octanol–water partition coefficient (Wildman–Crippen LogP) is 2.90. The van der Waals surface area contributed by atoms with Gasteiger partial charge in [0.2, 0.25) is 5.56 Å². The number of amides is 1. The Morgan fingerprint density at radius 2 is 2.00 bits per heavy atom. The summed E-state index contributed by atoms with van der Waals surface area (Å²) in [6.07, 6.45) is 3.00. The molecule has 3 heterocycles. The van der Waals surface area contributed by atoms with Gasteiger partial charge in [0.15, 0.2) is 0 Å². The van der Waals surface area contributed by atoms with Gasteiger partial charge in [-0.15, -0.1) is 0 Å². The molecular formula is C21H16FN5O2. The number of nitrogens with zero attached hydrogens (tertiary/aromatic N) is 2. The lowest BCUT2D eigenvalue weighted by atomic mass is 10.1. The molecule has 0 saturated heterocycles. The number of H-pyrrole nitrogens is 2. The molecule has 0 spiro atoms. The Labute approximate surface area is 164 Å². The van der Waals surface area contributed by atoms with Crippen LogP contribution < -0.4 is 10.9 Å². The standard InChI is InChI=1S/C21H16FN5O2/c22-15-5-3-4-13(10-15)19-20(16-6-1-2-9-23-16)27-17(26-19)12-25-21(29)14-7-8-18(28)24-11-14/h1-11H,12H2,(H,24,28)(H,25,29)(H,26,27). The van der Waals surface area contributed by atoms with Crippen LogP contribution in [0.25, 0.3) is 22.6 Å². The first kappa shape index (κ1) is 18.3. The third kappa shape index (κ3) is 4.11. The Kier molecular flexibility index (Phi) is 4.98. The van der Waals surface area contributed by atoms with Crippen LogP contribution >= 0.6 is 0 Å². The summed E-state index contributed by atoms with van der Waals surface area (Å²) < 4.78 is 13.7. The maximum atomic E-state index is 13.7. The lowest BCUT2D eigenvalue weighted by Gasteiger charge is -2.02. The minimum absolute atomic E-state index is 0.118. The number of hydrogen-bond acceptors (Lipinski definition) is 4. The number of hydrogen-bond donors (Lipinski definition) is 3. The van der Waals surface area contributed by atoms with Gasteiger partial charge in [-0.2, -0.15) is 0 Å².